The minimum Gasteiger partial charge on any atom is -0.438 e. The number of aryl methyl sites for hydroxylation is 1. The third-order valence-corrected chi connectivity index (χ3v) is 6.71. The molecule has 0 unspecified atom stereocenters. The van der Waals surface area contributed by atoms with Crippen molar-refractivity contribution in [2.45, 2.75) is 65.0 Å². The molecule has 2 rings (SSSR count). The van der Waals surface area contributed by atoms with Gasteiger partial charge in [-0.1, -0.05) is 25.2 Å². The normalized spacial score (nSPS) is 13.6. The van der Waals surface area contributed by atoms with Gasteiger partial charge in [-0.25, -0.2) is 17.8 Å². The van der Waals surface area contributed by atoms with E-state index >= 15 is 0 Å². The molecule has 214 valence electrons. The van der Waals surface area contributed by atoms with Gasteiger partial charge >= 0.3 is 12.4 Å². The van der Waals surface area contributed by atoms with Crippen LogP contribution in [-0.2, 0) is 22.7 Å². The first-order valence-electron chi connectivity index (χ1n) is 11.7. The standard InChI is InChI=1S/C25H28F6N4O3S/c1-5-7-8-17(13-14-23(3,4)34-39(36,37)16-24(26,27)28)21-20(15-32)22(35(6-2)33-21)38-19-11-9-18(10-12-19)25(29,30)31/h7-13,34H,5-6,14,16H2,1-4H3/b8-7-,17-13+. The molecular formula is C25H28F6N4O3S. The van der Waals surface area contributed by atoms with E-state index in [1.54, 1.807) is 19.1 Å². The van der Waals surface area contributed by atoms with Crippen LogP contribution in [0.2, 0.25) is 0 Å². The highest BCUT2D eigenvalue weighted by atomic mass is 32.2. The smallest absolute Gasteiger partial charge is 0.416 e. The van der Waals surface area contributed by atoms with E-state index < -0.39 is 39.2 Å². The maximum absolute atomic E-state index is 12.9. The third kappa shape index (κ3) is 9.43. The molecule has 1 heterocycles. The SMILES string of the molecule is CC/C=C\C(=C/CC(C)(C)NS(=O)(=O)CC(F)(F)F)c1nn(CC)c(Oc2ccc(C(F)(F)F)cc2)c1C#N. The molecule has 1 aromatic heterocycles. The molecule has 0 aliphatic carbocycles. The number of allylic oxidation sites excluding steroid dienone is 3. The number of rotatable bonds is 11. The minimum atomic E-state index is -4.91. The summed E-state index contributed by atoms with van der Waals surface area (Å²) in [6, 6.07) is 5.89. The topological polar surface area (TPSA) is 97.0 Å². The van der Waals surface area contributed by atoms with Gasteiger partial charge < -0.3 is 4.74 Å². The Hall–Kier alpha value is -3.31. The zero-order valence-corrected chi connectivity index (χ0v) is 22.4. The number of nitrogens with zero attached hydrogens (tertiary/aromatic N) is 3. The first-order chi connectivity index (χ1) is 17.9. The Morgan fingerprint density at radius 1 is 1.13 bits per heavy atom. The molecule has 0 amide bonds. The number of alkyl halides is 6. The molecular weight excluding hydrogens is 550 g/mol. The van der Waals surface area contributed by atoms with E-state index in [1.165, 1.54) is 24.6 Å². The van der Waals surface area contributed by atoms with Gasteiger partial charge in [0.25, 0.3) is 0 Å². The second kappa shape index (κ2) is 12.3. The number of hydrogen-bond acceptors (Lipinski definition) is 5. The van der Waals surface area contributed by atoms with Crippen molar-refractivity contribution in [2.75, 3.05) is 5.75 Å². The predicted molar refractivity (Wildman–Crippen MR) is 133 cm³/mol. The van der Waals surface area contributed by atoms with E-state index in [9.17, 15) is 40.0 Å². The van der Waals surface area contributed by atoms with Crippen LogP contribution in [0.3, 0.4) is 0 Å². The lowest BCUT2D eigenvalue weighted by Crippen LogP contribution is -2.46. The summed E-state index contributed by atoms with van der Waals surface area (Å²) in [6.07, 6.45) is -4.01. The summed E-state index contributed by atoms with van der Waals surface area (Å²) in [4.78, 5) is 0. The van der Waals surface area contributed by atoms with E-state index in [1.807, 2.05) is 17.7 Å². The quantitative estimate of drug-likeness (QED) is 0.240. The average molecular weight is 579 g/mol. The first kappa shape index (κ1) is 31.9. The molecule has 0 aliphatic rings. The van der Waals surface area contributed by atoms with Crippen molar-refractivity contribution in [3.05, 3.63) is 59.3 Å². The van der Waals surface area contributed by atoms with Crippen LogP contribution in [0.15, 0.2) is 42.5 Å². The van der Waals surface area contributed by atoms with E-state index in [4.69, 9.17) is 4.74 Å². The van der Waals surface area contributed by atoms with Gasteiger partial charge in [-0.15, -0.1) is 0 Å². The van der Waals surface area contributed by atoms with Gasteiger partial charge in [0.05, 0.1) is 5.56 Å². The van der Waals surface area contributed by atoms with Crippen molar-refractivity contribution in [3.63, 3.8) is 0 Å². The lowest BCUT2D eigenvalue weighted by molar-refractivity contribution is -0.137. The Morgan fingerprint density at radius 2 is 1.74 bits per heavy atom. The van der Waals surface area contributed by atoms with Gasteiger partial charge in [0.15, 0.2) is 5.75 Å². The fraction of sp³-hybridized carbons (Fsp3) is 0.440. The Kier molecular flexibility index (Phi) is 10.0. The first-order valence-corrected chi connectivity index (χ1v) is 13.4. The highest BCUT2D eigenvalue weighted by molar-refractivity contribution is 7.89. The van der Waals surface area contributed by atoms with Crippen LogP contribution in [0.4, 0.5) is 26.3 Å². The van der Waals surface area contributed by atoms with Gasteiger partial charge in [0.1, 0.15) is 23.1 Å². The molecule has 39 heavy (non-hydrogen) atoms. The highest BCUT2D eigenvalue weighted by Gasteiger charge is 2.37. The van der Waals surface area contributed by atoms with Gasteiger partial charge in [-0.2, -0.15) is 36.7 Å². The maximum atomic E-state index is 12.9. The number of sulfonamides is 1. The number of aromatic nitrogens is 2. The Balaban J connectivity index is 2.47. The molecule has 14 heteroatoms. The number of ether oxygens (including phenoxy) is 1. The van der Waals surface area contributed by atoms with E-state index in [0.29, 0.717) is 12.0 Å². The second-order valence-corrected chi connectivity index (χ2v) is 10.8. The number of benzene rings is 1. The second-order valence-electron chi connectivity index (χ2n) is 9.11. The van der Waals surface area contributed by atoms with Crippen molar-refractivity contribution in [1.29, 1.82) is 5.26 Å². The molecule has 0 fully saturated rings. The lowest BCUT2D eigenvalue weighted by atomic mass is 9.98. The summed E-state index contributed by atoms with van der Waals surface area (Å²) < 4.78 is 110. The Morgan fingerprint density at radius 3 is 2.23 bits per heavy atom. The monoisotopic (exact) mass is 578 g/mol. The van der Waals surface area contributed by atoms with E-state index in [-0.39, 0.29) is 35.9 Å². The van der Waals surface area contributed by atoms with Gasteiger partial charge in [0, 0.05) is 12.1 Å². The molecule has 1 N–H and O–H groups in total. The van der Waals surface area contributed by atoms with Gasteiger partial charge in [-0.3, -0.25) is 0 Å². The molecule has 7 nitrogen and oxygen atoms in total. The molecule has 0 saturated heterocycles. The number of hydrogen-bond donors (Lipinski definition) is 1. The molecule has 0 spiro atoms. The zero-order chi connectivity index (χ0) is 29.6. The van der Waals surface area contributed by atoms with Crippen molar-refractivity contribution >= 4 is 15.6 Å². The van der Waals surface area contributed by atoms with Crippen molar-refractivity contribution in [2.24, 2.45) is 0 Å². The summed E-state index contributed by atoms with van der Waals surface area (Å²) in [5, 5.41) is 14.3. The van der Waals surface area contributed by atoms with Crippen molar-refractivity contribution < 1.29 is 39.5 Å². The summed E-state index contributed by atoms with van der Waals surface area (Å²) in [6.45, 7) is 6.61. The summed E-state index contributed by atoms with van der Waals surface area (Å²) in [5.41, 5.74) is -1.70. The van der Waals surface area contributed by atoms with E-state index in [0.717, 1.165) is 24.3 Å². The number of nitrogens with one attached hydrogen (secondary N) is 1. The molecule has 2 aromatic rings. The fourth-order valence-electron chi connectivity index (χ4n) is 3.46. The lowest BCUT2D eigenvalue weighted by Gasteiger charge is -2.25. The van der Waals surface area contributed by atoms with Crippen LogP contribution in [0.1, 0.15) is 57.4 Å². The zero-order valence-electron chi connectivity index (χ0n) is 21.6. The molecule has 0 saturated carbocycles. The number of halogens is 6. The van der Waals surface area contributed by atoms with Crippen LogP contribution in [0, 0.1) is 11.3 Å². The van der Waals surface area contributed by atoms with Crippen LogP contribution in [0.25, 0.3) is 5.57 Å². The molecule has 0 atom stereocenters. The van der Waals surface area contributed by atoms with Gasteiger partial charge in [0.2, 0.25) is 15.9 Å². The highest BCUT2D eigenvalue weighted by Crippen LogP contribution is 2.34. The maximum Gasteiger partial charge on any atom is 0.416 e. The molecule has 0 bridgehead atoms. The van der Waals surface area contributed by atoms with E-state index in [2.05, 4.69) is 5.10 Å². The van der Waals surface area contributed by atoms with Crippen LogP contribution >= 0.6 is 0 Å². The predicted octanol–water partition coefficient (Wildman–Crippen LogP) is 6.59. The number of nitriles is 1. The summed E-state index contributed by atoms with van der Waals surface area (Å²) >= 11 is 0. The molecule has 0 radical (unpaired) electrons. The van der Waals surface area contributed by atoms with Crippen LogP contribution in [-0.4, -0.2) is 35.7 Å². The fourth-order valence-corrected chi connectivity index (χ4v) is 4.89. The summed E-state index contributed by atoms with van der Waals surface area (Å²) in [5.74, 6) is -2.01. The van der Waals surface area contributed by atoms with Crippen LogP contribution < -0.4 is 9.46 Å². The molecule has 0 aliphatic heterocycles. The van der Waals surface area contributed by atoms with Crippen molar-refractivity contribution in [1.82, 2.24) is 14.5 Å². The average Bonchev–Trinajstić information content (AvgIpc) is 3.13. The van der Waals surface area contributed by atoms with Gasteiger partial charge in [-0.05, 0) is 63.5 Å². The summed E-state index contributed by atoms with van der Waals surface area (Å²) in [7, 11) is -4.68. The largest absolute Gasteiger partial charge is 0.438 e. The third-order valence-electron chi connectivity index (χ3n) is 5.14. The molecule has 1 aromatic carbocycles. The Bertz CT molecular complexity index is 1350. The van der Waals surface area contributed by atoms with Crippen LogP contribution in [0.5, 0.6) is 11.6 Å². The Labute approximate surface area is 222 Å². The minimum absolute atomic E-state index is 0.0179. The van der Waals surface area contributed by atoms with Crippen molar-refractivity contribution in [3.8, 4) is 17.7 Å².